The molecule has 1 N–H and O–H groups in total. The van der Waals surface area contributed by atoms with Crippen LogP contribution in [0.25, 0.3) is 5.65 Å². The summed E-state index contributed by atoms with van der Waals surface area (Å²) >= 11 is 0. The van der Waals surface area contributed by atoms with Crippen LogP contribution in [0.3, 0.4) is 0 Å². The van der Waals surface area contributed by atoms with Gasteiger partial charge in [0, 0.05) is 24.8 Å². The zero-order valence-electron chi connectivity index (χ0n) is 17.6. The maximum atomic E-state index is 12.4. The van der Waals surface area contributed by atoms with Gasteiger partial charge in [-0.25, -0.2) is 4.98 Å². The summed E-state index contributed by atoms with van der Waals surface area (Å²) in [5, 5.41) is 3.61. The molecule has 0 aliphatic rings. The lowest BCUT2D eigenvalue weighted by Gasteiger charge is -2.23. The molecule has 4 nitrogen and oxygen atoms in total. The molecule has 3 rings (SSSR count). The van der Waals surface area contributed by atoms with Gasteiger partial charge in [-0.15, -0.1) is 0 Å². The quantitative estimate of drug-likeness (QED) is 0.630. The zero-order chi connectivity index (χ0) is 20.3. The van der Waals surface area contributed by atoms with Crippen LogP contribution in [0, 0.1) is 12.8 Å². The van der Waals surface area contributed by atoms with Crippen LogP contribution >= 0.6 is 0 Å². The van der Waals surface area contributed by atoms with E-state index in [0.717, 1.165) is 17.7 Å². The van der Waals surface area contributed by atoms with Gasteiger partial charge in [0.15, 0.2) is 0 Å². The Kier molecular flexibility index (Phi) is 6.30. The van der Waals surface area contributed by atoms with Crippen molar-refractivity contribution in [3.8, 4) is 0 Å². The first-order valence-corrected chi connectivity index (χ1v) is 10.2. The first-order valence-electron chi connectivity index (χ1n) is 10.2. The van der Waals surface area contributed by atoms with E-state index in [4.69, 9.17) is 0 Å². The van der Waals surface area contributed by atoms with Crippen molar-refractivity contribution >= 4 is 5.65 Å². The fourth-order valence-corrected chi connectivity index (χ4v) is 3.57. The van der Waals surface area contributed by atoms with Crippen molar-refractivity contribution in [3.63, 3.8) is 0 Å². The van der Waals surface area contributed by atoms with Crippen LogP contribution in [0.1, 0.15) is 68.5 Å². The molecule has 3 aromatic rings. The maximum Gasteiger partial charge on any atom is 0.258 e. The maximum absolute atomic E-state index is 12.4. The van der Waals surface area contributed by atoms with Crippen LogP contribution in [0.2, 0.25) is 0 Å². The van der Waals surface area contributed by atoms with Gasteiger partial charge in [-0.3, -0.25) is 9.20 Å². The molecule has 2 aromatic heterocycles. The summed E-state index contributed by atoms with van der Waals surface area (Å²) < 4.78 is 1.60. The summed E-state index contributed by atoms with van der Waals surface area (Å²) in [5.74, 6) is 1.01. The molecule has 0 fully saturated rings. The Morgan fingerprint density at radius 1 is 1.04 bits per heavy atom. The lowest BCUT2D eigenvalue weighted by atomic mass is 9.92. The van der Waals surface area contributed by atoms with E-state index in [-0.39, 0.29) is 11.6 Å². The second kappa shape index (κ2) is 8.70. The van der Waals surface area contributed by atoms with Crippen molar-refractivity contribution in [2.45, 2.75) is 59.5 Å². The number of hydrogen-bond acceptors (Lipinski definition) is 3. The van der Waals surface area contributed by atoms with Crippen LogP contribution < -0.4 is 10.9 Å². The van der Waals surface area contributed by atoms with Crippen molar-refractivity contribution < 1.29 is 0 Å². The number of nitrogens with one attached hydrogen (secondary N) is 1. The average molecular weight is 378 g/mol. The summed E-state index contributed by atoms with van der Waals surface area (Å²) in [5.41, 5.74) is 5.13. The third-order valence-corrected chi connectivity index (χ3v) is 5.51. The van der Waals surface area contributed by atoms with Crippen molar-refractivity contribution in [1.29, 1.82) is 0 Å². The van der Waals surface area contributed by atoms with Crippen LogP contribution in [-0.2, 0) is 6.54 Å². The number of hydrogen-bond donors (Lipinski definition) is 1. The Morgan fingerprint density at radius 3 is 2.36 bits per heavy atom. The Bertz CT molecular complexity index is 989. The normalized spacial score (nSPS) is 13.8. The van der Waals surface area contributed by atoms with E-state index in [1.165, 1.54) is 11.1 Å². The molecule has 0 saturated heterocycles. The first kappa shape index (κ1) is 20.3. The Balaban J connectivity index is 1.79. The van der Waals surface area contributed by atoms with E-state index < -0.39 is 0 Å². The Hall–Kier alpha value is -2.46. The molecule has 148 valence electrons. The van der Waals surface area contributed by atoms with E-state index in [9.17, 15) is 4.79 Å². The number of pyridine rings is 1. The molecule has 0 bridgehead atoms. The van der Waals surface area contributed by atoms with Gasteiger partial charge in [0.25, 0.3) is 5.56 Å². The van der Waals surface area contributed by atoms with Gasteiger partial charge in [0.2, 0.25) is 0 Å². The zero-order valence-corrected chi connectivity index (χ0v) is 17.6. The summed E-state index contributed by atoms with van der Waals surface area (Å²) in [6, 6.07) is 14.7. The highest BCUT2D eigenvalue weighted by Crippen LogP contribution is 2.25. The minimum absolute atomic E-state index is 0.0375. The van der Waals surface area contributed by atoms with E-state index in [1.807, 2.05) is 25.3 Å². The monoisotopic (exact) mass is 377 g/mol. The third-order valence-electron chi connectivity index (χ3n) is 5.51. The predicted octanol–water partition coefficient (Wildman–Crippen LogP) is 5.00. The number of rotatable bonds is 7. The molecular formula is C24H31N3O. The average Bonchev–Trinajstić information content (AvgIpc) is 2.68. The van der Waals surface area contributed by atoms with Crippen molar-refractivity contribution in [1.82, 2.24) is 14.7 Å². The summed E-state index contributed by atoms with van der Waals surface area (Å²) in [4.78, 5) is 17.1. The lowest BCUT2D eigenvalue weighted by molar-refractivity contribution is 0.408. The fraction of sp³-hybridized carbons (Fsp3) is 0.417. The van der Waals surface area contributed by atoms with Crippen molar-refractivity contribution in [2.24, 2.45) is 5.92 Å². The molecule has 0 spiro atoms. The molecule has 1 aromatic carbocycles. The molecule has 0 unspecified atom stereocenters. The molecule has 28 heavy (non-hydrogen) atoms. The molecule has 4 heteroatoms. The third kappa shape index (κ3) is 4.50. The molecule has 0 aliphatic heterocycles. The number of benzene rings is 1. The molecule has 0 aliphatic carbocycles. The highest BCUT2D eigenvalue weighted by atomic mass is 16.1. The van der Waals surface area contributed by atoms with Gasteiger partial charge in [0.1, 0.15) is 5.65 Å². The minimum Gasteiger partial charge on any atom is -0.304 e. The lowest BCUT2D eigenvalue weighted by Crippen LogP contribution is -2.27. The molecule has 0 radical (unpaired) electrons. The van der Waals surface area contributed by atoms with Crippen LogP contribution in [0.5, 0.6) is 0 Å². The topological polar surface area (TPSA) is 46.4 Å². The number of nitrogens with zero attached hydrogens (tertiary/aromatic N) is 2. The number of aryl methyl sites for hydroxylation is 1. The standard InChI is InChI=1S/C24H31N3O/c1-6-18(5)19-8-10-20(11-9-19)24(16(2)3)25-14-21-13-23(28)27-15-17(4)7-12-22(27)26-21/h7-13,15-16,18,24-25H,6,14H2,1-5H3/t18-,24-/m1/s1. The van der Waals surface area contributed by atoms with E-state index in [0.29, 0.717) is 24.0 Å². The largest absolute Gasteiger partial charge is 0.304 e. The van der Waals surface area contributed by atoms with Gasteiger partial charge >= 0.3 is 0 Å². The smallest absolute Gasteiger partial charge is 0.258 e. The van der Waals surface area contributed by atoms with Gasteiger partial charge in [-0.05, 0) is 47.9 Å². The minimum atomic E-state index is -0.0375. The van der Waals surface area contributed by atoms with E-state index in [2.05, 4.69) is 62.3 Å². The predicted molar refractivity (Wildman–Crippen MR) is 116 cm³/mol. The Labute approximate surface area is 167 Å². The van der Waals surface area contributed by atoms with E-state index >= 15 is 0 Å². The SMILES string of the molecule is CC[C@@H](C)c1ccc([C@H](NCc2cc(=O)n3cc(C)ccc3n2)C(C)C)cc1. The molecule has 0 saturated carbocycles. The van der Waals surface area contributed by atoms with E-state index in [1.54, 1.807) is 10.5 Å². The molecule has 0 amide bonds. The second-order valence-corrected chi connectivity index (χ2v) is 8.10. The summed E-state index contributed by atoms with van der Waals surface area (Å²) in [6.45, 7) is 11.4. The highest BCUT2D eigenvalue weighted by Gasteiger charge is 2.16. The van der Waals surface area contributed by atoms with Gasteiger partial charge in [-0.2, -0.15) is 0 Å². The first-order chi connectivity index (χ1) is 13.4. The van der Waals surface area contributed by atoms with Crippen molar-refractivity contribution in [2.75, 3.05) is 0 Å². The van der Waals surface area contributed by atoms with Crippen LogP contribution in [-0.4, -0.2) is 9.38 Å². The molecular weight excluding hydrogens is 346 g/mol. The molecule has 2 heterocycles. The van der Waals surface area contributed by atoms with Gasteiger partial charge in [-0.1, -0.05) is 58.0 Å². The van der Waals surface area contributed by atoms with Crippen molar-refractivity contribution in [3.05, 3.63) is 81.4 Å². The highest BCUT2D eigenvalue weighted by molar-refractivity contribution is 5.40. The summed E-state index contributed by atoms with van der Waals surface area (Å²) in [7, 11) is 0. The second-order valence-electron chi connectivity index (χ2n) is 8.10. The van der Waals surface area contributed by atoms with Gasteiger partial charge in [0.05, 0.1) is 5.69 Å². The number of aromatic nitrogens is 2. The number of fused-ring (bicyclic) bond motifs is 1. The van der Waals surface area contributed by atoms with Gasteiger partial charge < -0.3 is 5.32 Å². The van der Waals surface area contributed by atoms with Crippen LogP contribution in [0.4, 0.5) is 0 Å². The Morgan fingerprint density at radius 2 is 1.71 bits per heavy atom. The fourth-order valence-electron chi connectivity index (χ4n) is 3.57. The van der Waals surface area contributed by atoms with Crippen LogP contribution in [0.15, 0.2) is 53.5 Å². The summed E-state index contributed by atoms with van der Waals surface area (Å²) in [6.07, 6.45) is 2.98. The molecule has 2 atom stereocenters.